The molecule has 1 N–H and O–H groups in total. The summed E-state index contributed by atoms with van der Waals surface area (Å²) in [5.41, 5.74) is 0. The lowest BCUT2D eigenvalue weighted by molar-refractivity contribution is 0.0382. The second-order valence-corrected chi connectivity index (χ2v) is 5.32. The van der Waals surface area contributed by atoms with Crippen molar-refractivity contribution in [1.29, 1.82) is 0 Å². The largest absolute Gasteiger partial charge is 0.394 e. The molecule has 19 heavy (non-hydrogen) atoms. The lowest BCUT2D eigenvalue weighted by Crippen LogP contribution is -2.37. The third kappa shape index (κ3) is 2.96. The fraction of sp³-hybridized carbons (Fsp3) is 0.846. The highest BCUT2D eigenvalue weighted by atomic mass is 16.5. The van der Waals surface area contributed by atoms with Crippen LogP contribution in [0.1, 0.15) is 30.5 Å². The van der Waals surface area contributed by atoms with E-state index in [9.17, 15) is 5.11 Å². The van der Waals surface area contributed by atoms with Gasteiger partial charge < -0.3 is 9.84 Å². The highest BCUT2D eigenvalue weighted by molar-refractivity contribution is 4.99. The Labute approximate surface area is 113 Å². The lowest BCUT2D eigenvalue weighted by atomic mass is 10.1. The summed E-state index contributed by atoms with van der Waals surface area (Å²) in [6.45, 7) is 4.84. The van der Waals surface area contributed by atoms with Crippen LogP contribution in [0.2, 0.25) is 0 Å². The Bertz CT molecular complexity index is 415. The van der Waals surface area contributed by atoms with Gasteiger partial charge in [-0.15, -0.1) is 0 Å². The van der Waals surface area contributed by atoms with E-state index in [2.05, 4.69) is 15.0 Å². The highest BCUT2D eigenvalue weighted by Gasteiger charge is 2.22. The smallest absolute Gasteiger partial charge is 0.152 e. The Hall–Kier alpha value is -0.980. The quantitative estimate of drug-likeness (QED) is 0.832. The number of aromatic nitrogens is 3. The summed E-state index contributed by atoms with van der Waals surface area (Å²) in [4.78, 5) is 7.01. The molecule has 6 nitrogen and oxygen atoms in total. The summed E-state index contributed by atoms with van der Waals surface area (Å²) in [6.07, 6.45) is 3.99. The summed E-state index contributed by atoms with van der Waals surface area (Å²) >= 11 is 0. The number of hydrogen-bond acceptors (Lipinski definition) is 5. The zero-order chi connectivity index (χ0) is 13.1. The average molecular weight is 266 g/mol. The number of hydrogen-bond donors (Lipinski definition) is 1. The molecule has 0 aromatic carbocycles. The molecule has 0 saturated carbocycles. The number of rotatable bonds is 4. The molecule has 106 valence electrons. The Morgan fingerprint density at radius 2 is 2.16 bits per heavy atom. The van der Waals surface area contributed by atoms with Crippen molar-refractivity contribution in [1.82, 2.24) is 19.7 Å². The summed E-state index contributed by atoms with van der Waals surface area (Å²) in [6, 6.07) is 0.133. The minimum atomic E-state index is 0.133. The fourth-order valence-electron chi connectivity index (χ4n) is 2.84. The van der Waals surface area contributed by atoms with Gasteiger partial charge in [-0.1, -0.05) is 0 Å². The van der Waals surface area contributed by atoms with E-state index in [0.29, 0.717) is 0 Å². The van der Waals surface area contributed by atoms with Crippen LogP contribution < -0.4 is 0 Å². The summed E-state index contributed by atoms with van der Waals surface area (Å²) in [5.74, 6) is 1.96. The standard InChI is InChI=1S/C13H22N4O2/c18-10-11-2-1-3-13-14-12(15-17(11)13)4-5-16-6-8-19-9-7-16/h11,18H,1-10H2. The van der Waals surface area contributed by atoms with Crippen LogP contribution >= 0.6 is 0 Å². The number of aliphatic hydroxyl groups excluding tert-OH is 1. The van der Waals surface area contributed by atoms with E-state index >= 15 is 0 Å². The van der Waals surface area contributed by atoms with Crippen LogP contribution in [0.5, 0.6) is 0 Å². The third-order valence-electron chi connectivity index (χ3n) is 4.00. The van der Waals surface area contributed by atoms with Gasteiger partial charge in [-0.05, 0) is 12.8 Å². The van der Waals surface area contributed by atoms with E-state index < -0.39 is 0 Å². The number of aryl methyl sites for hydroxylation is 1. The normalized spacial score (nSPS) is 24.4. The van der Waals surface area contributed by atoms with Gasteiger partial charge in [0, 0.05) is 32.5 Å². The molecule has 0 amide bonds. The molecule has 3 rings (SSSR count). The predicted molar refractivity (Wildman–Crippen MR) is 70.0 cm³/mol. The van der Waals surface area contributed by atoms with Crippen molar-refractivity contribution in [2.45, 2.75) is 31.7 Å². The maximum atomic E-state index is 9.37. The number of ether oxygens (including phenoxy) is 1. The van der Waals surface area contributed by atoms with Gasteiger partial charge in [0.15, 0.2) is 5.82 Å². The van der Waals surface area contributed by atoms with E-state index in [1.54, 1.807) is 0 Å². The average Bonchev–Trinajstić information content (AvgIpc) is 2.89. The zero-order valence-electron chi connectivity index (χ0n) is 11.3. The first-order valence-electron chi connectivity index (χ1n) is 7.22. The van der Waals surface area contributed by atoms with Crippen LogP contribution in [0.25, 0.3) is 0 Å². The van der Waals surface area contributed by atoms with Crippen LogP contribution in [0.4, 0.5) is 0 Å². The summed E-state index contributed by atoms with van der Waals surface area (Å²) < 4.78 is 7.28. The van der Waals surface area contributed by atoms with Crippen molar-refractivity contribution in [2.75, 3.05) is 39.5 Å². The monoisotopic (exact) mass is 266 g/mol. The Balaban J connectivity index is 1.60. The predicted octanol–water partition coefficient (Wildman–Crippen LogP) is 0.0225. The first kappa shape index (κ1) is 13.0. The maximum absolute atomic E-state index is 9.37. The molecule has 6 heteroatoms. The van der Waals surface area contributed by atoms with Gasteiger partial charge in [-0.3, -0.25) is 4.90 Å². The van der Waals surface area contributed by atoms with Gasteiger partial charge >= 0.3 is 0 Å². The number of fused-ring (bicyclic) bond motifs is 1. The highest BCUT2D eigenvalue weighted by Crippen LogP contribution is 2.22. The van der Waals surface area contributed by atoms with E-state index in [4.69, 9.17) is 4.74 Å². The fourth-order valence-corrected chi connectivity index (χ4v) is 2.84. The van der Waals surface area contributed by atoms with Crippen molar-refractivity contribution in [3.8, 4) is 0 Å². The molecule has 1 unspecified atom stereocenters. The minimum Gasteiger partial charge on any atom is -0.394 e. The molecule has 2 aliphatic heterocycles. The van der Waals surface area contributed by atoms with Gasteiger partial charge in [0.2, 0.25) is 0 Å². The molecule has 3 heterocycles. The van der Waals surface area contributed by atoms with Gasteiger partial charge in [0.25, 0.3) is 0 Å². The second-order valence-electron chi connectivity index (χ2n) is 5.32. The van der Waals surface area contributed by atoms with E-state index in [1.807, 2.05) is 4.68 Å². The van der Waals surface area contributed by atoms with Gasteiger partial charge in [-0.2, -0.15) is 5.10 Å². The SMILES string of the molecule is OCC1CCCc2nc(CCN3CCOCC3)nn21. The van der Waals surface area contributed by atoms with Gasteiger partial charge in [0.1, 0.15) is 5.82 Å². The number of nitrogens with zero attached hydrogens (tertiary/aromatic N) is 4. The molecule has 0 aliphatic carbocycles. The van der Waals surface area contributed by atoms with Crippen LogP contribution in [0.3, 0.4) is 0 Å². The molecule has 1 aromatic rings. The van der Waals surface area contributed by atoms with Crippen molar-refractivity contribution in [2.24, 2.45) is 0 Å². The second kappa shape index (κ2) is 5.98. The van der Waals surface area contributed by atoms with Crippen molar-refractivity contribution < 1.29 is 9.84 Å². The van der Waals surface area contributed by atoms with Crippen molar-refractivity contribution in [3.63, 3.8) is 0 Å². The molecule has 1 saturated heterocycles. The maximum Gasteiger partial charge on any atom is 0.152 e. The van der Waals surface area contributed by atoms with E-state index in [1.165, 1.54) is 0 Å². The van der Waals surface area contributed by atoms with Crippen LogP contribution in [-0.2, 0) is 17.6 Å². The van der Waals surface area contributed by atoms with Crippen LogP contribution in [-0.4, -0.2) is 64.2 Å². The molecule has 2 aliphatic rings. The third-order valence-corrected chi connectivity index (χ3v) is 4.00. The molecule has 1 aromatic heterocycles. The molecule has 0 bridgehead atoms. The topological polar surface area (TPSA) is 63.4 Å². The number of aliphatic hydroxyl groups is 1. The lowest BCUT2D eigenvalue weighted by Gasteiger charge is -2.25. The molecule has 0 spiro atoms. The molecular formula is C13H22N4O2. The first-order chi connectivity index (χ1) is 9.36. The van der Waals surface area contributed by atoms with E-state index in [0.717, 1.165) is 70.2 Å². The number of morpholine rings is 1. The summed E-state index contributed by atoms with van der Waals surface area (Å²) in [7, 11) is 0. The van der Waals surface area contributed by atoms with Crippen molar-refractivity contribution >= 4 is 0 Å². The van der Waals surface area contributed by atoms with Crippen LogP contribution in [0.15, 0.2) is 0 Å². The van der Waals surface area contributed by atoms with Gasteiger partial charge in [-0.25, -0.2) is 9.67 Å². The molecule has 1 fully saturated rings. The van der Waals surface area contributed by atoms with Crippen LogP contribution in [0, 0.1) is 0 Å². The van der Waals surface area contributed by atoms with Crippen molar-refractivity contribution in [3.05, 3.63) is 11.6 Å². The zero-order valence-corrected chi connectivity index (χ0v) is 11.3. The Morgan fingerprint density at radius 1 is 1.32 bits per heavy atom. The molecule has 0 radical (unpaired) electrons. The Morgan fingerprint density at radius 3 is 2.95 bits per heavy atom. The summed E-state index contributed by atoms with van der Waals surface area (Å²) in [5, 5.41) is 13.9. The molecule has 1 atom stereocenters. The minimum absolute atomic E-state index is 0.133. The molecular weight excluding hydrogens is 244 g/mol. The van der Waals surface area contributed by atoms with Gasteiger partial charge in [0.05, 0.1) is 25.9 Å². The Kier molecular flexibility index (Phi) is 4.10. The van der Waals surface area contributed by atoms with E-state index in [-0.39, 0.29) is 12.6 Å². The first-order valence-corrected chi connectivity index (χ1v) is 7.22.